The van der Waals surface area contributed by atoms with Gasteiger partial charge in [0.25, 0.3) is 5.56 Å². The van der Waals surface area contributed by atoms with Crippen molar-refractivity contribution in [3.05, 3.63) is 27.9 Å². The summed E-state index contributed by atoms with van der Waals surface area (Å²) in [5, 5.41) is 11.7. The first-order chi connectivity index (χ1) is 12.5. The maximum atomic E-state index is 12.6. The molecule has 0 bridgehead atoms. The highest BCUT2D eigenvalue weighted by Gasteiger charge is 2.56. The number of rotatable bonds is 2. The molecule has 1 aliphatic carbocycles. The Labute approximate surface area is 164 Å². The Hall–Kier alpha value is -1.60. The molecule has 2 aliphatic rings. The van der Waals surface area contributed by atoms with E-state index in [1.54, 1.807) is 4.90 Å². The fourth-order valence-corrected chi connectivity index (χ4v) is 4.52. The van der Waals surface area contributed by atoms with Crippen LogP contribution < -0.4 is 5.56 Å². The van der Waals surface area contributed by atoms with Crippen molar-refractivity contribution in [1.82, 2.24) is 14.5 Å². The maximum absolute atomic E-state index is 12.6. The fourth-order valence-electron chi connectivity index (χ4n) is 4.39. The number of hydrogen-bond acceptors (Lipinski definition) is 5. The molecule has 1 saturated heterocycles. The van der Waals surface area contributed by atoms with Crippen molar-refractivity contribution in [2.45, 2.75) is 70.6 Å². The van der Waals surface area contributed by atoms with Gasteiger partial charge in [-0.15, -0.1) is 0 Å². The topological polar surface area (TPSA) is 84.7 Å². The summed E-state index contributed by atoms with van der Waals surface area (Å²) in [6.07, 6.45) is 5.06. The van der Waals surface area contributed by atoms with Gasteiger partial charge >= 0.3 is 6.09 Å². The van der Waals surface area contributed by atoms with Crippen LogP contribution in [0.2, 0.25) is 5.15 Å². The van der Waals surface area contributed by atoms with Crippen LogP contribution >= 0.6 is 11.6 Å². The van der Waals surface area contributed by atoms with Gasteiger partial charge in [0.1, 0.15) is 10.8 Å². The Balaban J connectivity index is 1.84. The summed E-state index contributed by atoms with van der Waals surface area (Å²) in [5.74, 6) is 0. The Morgan fingerprint density at radius 3 is 2.59 bits per heavy atom. The minimum absolute atomic E-state index is 0.138. The van der Waals surface area contributed by atoms with E-state index in [1.807, 2.05) is 20.8 Å². The molecule has 1 aliphatic heterocycles. The number of aliphatic hydroxyl groups is 1. The molecule has 1 atom stereocenters. The minimum Gasteiger partial charge on any atom is -0.444 e. The molecule has 27 heavy (non-hydrogen) atoms. The fraction of sp³-hybridized carbons (Fsp3) is 0.737. The Morgan fingerprint density at radius 1 is 1.33 bits per heavy atom. The predicted molar refractivity (Wildman–Crippen MR) is 102 cm³/mol. The van der Waals surface area contributed by atoms with Crippen molar-refractivity contribution >= 4 is 17.7 Å². The van der Waals surface area contributed by atoms with E-state index in [-0.39, 0.29) is 23.4 Å². The van der Waals surface area contributed by atoms with Crippen molar-refractivity contribution in [2.24, 2.45) is 5.41 Å². The third-order valence-electron chi connectivity index (χ3n) is 5.77. The van der Waals surface area contributed by atoms with Gasteiger partial charge < -0.3 is 14.7 Å². The number of carbonyl (C=O) groups is 1. The molecule has 0 radical (unpaired) electrons. The van der Waals surface area contributed by atoms with Gasteiger partial charge in [-0.2, -0.15) is 0 Å². The lowest BCUT2D eigenvalue weighted by molar-refractivity contribution is -0.140. The second kappa shape index (κ2) is 7.09. The van der Waals surface area contributed by atoms with Gasteiger partial charge in [-0.3, -0.25) is 9.36 Å². The van der Waals surface area contributed by atoms with E-state index in [0.717, 1.165) is 25.7 Å². The third-order valence-corrected chi connectivity index (χ3v) is 5.97. The number of halogens is 1. The van der Waals surface area contributed by atoms with Gasteiger partial charge in [0, 0.05) is 24.6 Å². The number of hydrogen-bond donors (Lipinski definition) is 1. The van der Waals surface area contributed by atoms with Gasteiger partial charge in [-0.1, -0.05) is 24.4 Å². The highest BCUT2D eigenvalue weighted by Crippen LogP contribution is 2.51. The molecule has 1 N–H and O–H groups in total. The van der Waals surface area contributed by atoms with Gasteiger partial charge in [0.05, 0.1) is 18.5 Å². The molecule has 8 heteroatoms. The average molecular weight is 398 g/mol. The van der Waals surface area contributed by atoms with E-state index < -0.39 is 16.6 Å². The molecule has 7 nitrogen and oxygen atoms in total. The molecule has 1 aromatic rings. The molecular weight excluding hydrogens is 370 g/mol. The van der Waals surface area contributed by atoms with Crippen LogP contribution in [0.1, 0.15) is 52.9 Å². The van der Waals surface area contributed by atoms with Crippen molar-refractivity contribution in [1.29, 1.82) is 0 Å². The van der Waals surface area contributed by atoms with Crippen molar-refractivity contribution < 1.29 is 14.6 Å². The molecule has 3 rings (SSSR count). The van der Waals surface area contributed by atoms with Crippen LogP contribution in [0.3, 0.4) is 0 Å². The number of carbonyl (C=O) groups excluding carboxylic acids is 1. The van der Waals surface area contributed by atoms with Crippen LogP contribution in [0.25, 0.3) is 0 Å². The predicted octanol–water partition coefficient (Wildman–Crippen LogP) is 2.83. The second-order valence-electron chi connectivity index (χ2n) is 8.85. The molecular formula is C19H28ClN3O4. The number of nitrogens with zero attached hydrogens (tertiary/aromatic N) is 3. The normalized spacial score (nSPS) is 25.0. The van der Waals surface area contributed by atoms with Gasteiger partial charge in [0.2, 0.25) is 0 Å². The third kappa shape index (κ3) is 4.14. The number of amides is 1. The van der Waals surface area contributed by atoms with E-state index in [2.05, 4.69) is 4.98 Å². The van der Waals surface area contributed by atoms with Crippen molar-refractivity contribution in [3.63, 3.8) is 0 Å². The molecule has 1 spiro atoms. The number of likely N-dealkylation sites (tertiary alicyclic amines) is 1. The number of aromatic nitrogens is 2. The largest absolute Gasteiger partial charge is 0.444 e. The molecule has 2 fully saturated rings. The van der Waals surface area contributed by atoms with Crippen molar-refractivity contribution in [3.8, 4) is 0 Å². The van der Waals surface area contributed by atoms with Crippen LogP contribution in [0.4, 0.5) is 4.79 Å². The first-order valence-corrected chi connectivity index (χ1v) is 9.84. The Bertz CT molecular complexity index is 767. The van der Waals surface area contributed by atoms with Crippen molar-refractivity contribution in [2.75, 3.05) is 13.1 Å². The quantitative estimate of drug-likeness (QED) is 0.775. The Kier molecular flexibility index (Phi) is 5.29. The zero-order valence-electron chi connectivity index (χ0n) is 16.2. The van der Waals surface area contributed by atoms with Gasteiger partial charge in [-0.05, 0) is 40.0 Å². The second-order valence-corrected chi connectivity index (χ2v) is 9.24. The molecule has 2 heterocycles. The summed E-state index contributed by atoms with van der Waals surface area (Å²) in [5.41, 5.74) is -2.37. The van der Waals surface area contributed by atoms with Crippen LogP contribution in [-0.4, -0.2) is 49.9 Å². The summed E-state index contributed by atoms with van der Waals surface area (Å²) in [4.78, 5) is 30.5. The Morgan fingerprint density at radius 2 is 2.00 bits per heavy atom. The van der Waals surface area contributed by atoms with Crippen LogP contribution in [0.5, 0.6) is 0 Å². The zero-order chi connectivity index (χ0) is 19.9. The van der Waals surface area contributed by atoms with E-state index in [1.165, 1.54) is 17.0 Å². The number of ether oxygens (including phenoxy) is 1. The molecule has 150 valence electrons. The van der Waals surface area contributed by atoms with E-state index >= 15 is 0 Å². The highest BCUT2D eigenvalue weighted by atomic mass is 35.5. The summed E-state index contributed by atoms with van der Waals surface area (Å²) in [6, 6.07) is 1.25. The highest BCUT2D eigenvalue weighted by molar-refractivity contribution is 6.29. The van der Waals surface area contributed by atoms with E-state index in [4.69, 9.17) is 16.3 Å². The number of piperidine rings is 1. The molecule has 0 unspecified atom stereocenters. The first kappa shape index (κ1) is 20.1. The lowest BCUT2D eigenvalue weighted by atomic mass is 9.66. The zero-order valence-corrected chi connectivity index (χ0v) is 17.0. The lowest BCUT2D eigenvalue weighted by Gasteiger charge is -2.52. The van der Waals surface area contributed by atoms with Gasteiger partial charge in [-0.25, -0.2) is 9.78 Å². The SMILES string of the molecule is CC(C)(C)OC(=O)N1CC[C@](O)(Cn2cnc(Cl)cc2=O)C2(CCCC2)C1. The summed E-state index contributed by atoms with van der Waals surface area (Å²) in [7, 11) is 0. The van der Waals surface area contributed by atoms with Gasteiger partial charge in [0.15, 0.2) is 0 Å². The van der Waals surface area contributed by atoms with Crippen LogP contribution in [0.15, 0.2) is 17.2 Å². The molecule has 1 amide bonds. The first-order valence-electron chi connectivity index (χ1n) is 9.46. The molecule has 1 saturated carbocycles. The van der Waals surface area contributed by atoms with E-state index in [0.29, 0.717) is 19.5 Å². The molecule has 0 aromatic carbocycles. The lowest BCUT2D eigenvalue weighted by Crippen LogP contribution is -2.62. The summed E-state index contributed by atoms with van der Waals surface area (Å²) < 4.78 is 6.94. The maximum Gasteiger partial charge on any atom is 0.410 e. The average Bonchev–Trinajstić information content (AvgIpc) is 3.01. The smallest absolute Gasteiger partial charge is 0.410 e. The molecule has 1 aromatic heterocycles. The summed E-state index contributed by atoms with van der Waals surface area (Å²) in [6.45, 7) is 6.51. The van der Waals surface area contributed by atoms with E-state index in [9.17, 15) is 14.7 Å². The van der Waals surface area contributed by atoms with Crippen LogP contribution in [-0.2, 0) is 11.3 Å². The van der Waals surface area contributed by atoms with Crippen LogP contribution in [0, 0.1) is 5.41 Å². The standard InChI is InChI=1S/C19H28ClN3O4/c1-17(2,3)27-16(25)22-9-8-19(26,18(11-22)6-4-5-7-18)12-23-13-21-14(20)10-15(23)24/h10,13,26H,4-9,11-12H2,1-3H3/t19-/m0/s1. The monoisotopic (exact) mass is 397 g/mol. The summed E-state index contributed by atoms with van der Waals surface area (Å²) >= 11 is 5.78. The minimum atomic E-state index is -1.08.